The standard InChI is InChI=1S/C17H16N4O/c22-13(9-20-12-18-11-19-20)10-21-16-7-3-1-5-14(16)15-6-2-4-8-17(15)21/h1-8,11-13,22H,9-10H2. The topological polar surface area (TPSA) is 55.9 Å². The zero-order chi connectivity index (χ0) is 14.9. The average molecular weight is 292 g/mol. The highest BCUT2D eigenvalue weighted by Crippen LogP contribution is 2.28. The van der Waals surface area contributed by atoms with Crippen molar-refractivity contribution in [2.75, 3.05) is 0 Å². The lowest BCUT2D eigenvalue weighted by Crippen LogP contribution is -2.22. The molecule has 4 rings (SSSR count). The zero-order valence-corrected chi connectivity index (χ0v) is 12.0. The fraction of sp³-hybridized carbons (Fsp3) is 0.176. The summed E-state index contributed by atoms with van der Waals surface area (Å²) in [7, 11) is 0. The number of benzene rings is 2. The van der Waals surface area contributed by atoms with E-state index in [4.69, 9.17) is 0 Å². The van der Waals surface area contributed by atoms with Gasteiger partial charge in [0.2, 0.25) is 0 Å². The molecule has 5 heteroatoms. The van der Waals surface area contributed by atoms with Gasteiger partial charge >= 0.3 is 0 Å². The number of rotatable bonds is 4. The first kappa shape index (κ1) is 13.0. The van der Waals surface area contributed by atoms with Gasteiger partial charge in [0.05, 0.1) is 19.2 Å². The molecule has 1 N–H and O–H groups in total. The molecular weight excluding hydrogens is 276 g/mol. The van der Waals surface area contributed by atoms with Gasteiger partial charge in [0.1, 0.15) is 12.7 Å². The first-order chi connectivity index (χ1) is 10.8. The van der Waals surface area contributed by atoms with Crippen LogP contribution in [0, 0.1) is 0 Å². The van der Waals surface area contributed by atoms with Crippen LogP contribution in [0.25, 0.3) is 21.8 Å². The third kappa shape index (κ3) is 2.16. The minimum atomic E-state index is -0.527. The number of nitrogens with zero attached hydrogens (tertiary/aromatic N) is 4. The van der Waals surface area contributed by atoms with Crippen molar-refractivity contribution in [3.05, 3.63) is 61.2 Å². The molecule has 0 spiro atoms. The van der Waals surface area contributed by atoms with Crippen molar-refractivity contribution in [1.29, 1.82) is 0 Å². The molecule has 0 aliphatic heterocycles. The van der Waals surface area contributed by atoms with Gasteiger partial charge in [-0.15, -0.1) is 0 Å². The van der Waals surface area contributed by atoms with Crippen molar-refractivity contribution in [3.63, 3.8) is 0 Å². The number of hydrogen-bond donors (Lipinski definition) is 1. The molecule has 2 aromatic heterocycles. The van der Waals surface area contributed by atoms with Gasteiger partial charge < -0.3 is 9.67 Å². The Labute approximate surface area is 127 Å². The SMILES string of the molecule is OC(Cn1cncn1)Cn1c2ccccc2c2ccccc21. The maximum atomic E-state index is 10.4. The van der Waals surface area contributed by atoms with Crippen molar-refractivity contribution >= 4 is 21.8 Å². The second-order valence-electron chi connectivity index (χ2n) is 5.42. The number of hydrogen-bond acceptors (Lipinski definition) is 3. The monoisotopic (exact) mass is 292 g/mol. The summed E-state index contributed by atoms with van der Waals surface area (Å²) in [6.07, 6.45) is 2.57. The quantitative estimate of drug-likeness (QED) is 0.628. The summed E-state index contributed by atoms with van der Waals surface area (Å²) in [6, 6.07) is 16.6. The number of aliphatic hydroxyl groups excluding tert-OH is 1. The van der Waals surface area contributed by atoms with Crippen LogP contribution in [0.3, 0.4) is 0 Å². The first-order valence-electron chi connectivity index (χ1n) is 7.29. The molecule has 2 aromatic carbocycles. The van der Waals surface area contributed by atoms with Gasteiger partial charge in [-0.1, -0.05) is 36.4 Å². The van der Waals surface area contributed by atoms with Gasteiger partial charge in [-0.3, -0.25) is 4.68 Å². The van der Waals surface area contributed by atoms with Crippen LogP contribution < -0.4 is 0 Å². The van der Waals surface area contributed by atoms with Crippen LogP contribution in [0.5, 0.6) is 0 Å². The molecule has 1 unspecified atom stereocenters. The normalized spacial score (nSPS) is 13.0. The van der Waals surface area contributed by atoms with Crippen LogP contribution in [0.15, 0.2) is 61.2 Å². The van der Waals surface area contributed by atoms with E-state index in [0.29, 0.717) is 13.1 Å². The molecule has 0 fully saturated rings. The summed E-state index contributed by atoms with van der Waals surface area (Å²) >= 11 is 0. The second-order valence-corrected chi connectivity index (χ2v) is 5.42. The van der Waals surface area contributed by atoms with Crippen molar-refractivity contribution < 1.29 is 5.11 Å². The molecular formula is C17H16N4O. The summed E-state index contributed by atoms with van der Waals surface area (Å²) in [5.74, 6) is 0. The Bertz CT molecular complexity index is 858. The molecule has 0 radical (unpaired) electrons. The fourth-order valence-corrected chi connectivity index (χ4v) is 3.01. The minimum Gasteiger partial charge on any atom is -0.389 e. The molecule has 0 saturated heterocycles. The molecule has 0 amide bonds. The highest BCUT2D eigenvalue weighted by Gasteiger charge is 2.13. The summed E-state index contributed by atoms with van der Waals surface area (Å²) in [6.45, 7) is 0.953. The third-order valence-corrected chi connectivity index (χ3v) is 3.94. The van der Waals surface area contributed by atoms with Crippen LogP contribution in [0.4, 0.5) is 0 Å². The summed E-state index contributed by atoms with van der Waals surface area (Å²) in [4.78, 5) is 3.91. The third-order valence-electron chi connectivity index (χ3n) is 3.94. The average Bonchev–Trinajstić information content (AvgIpc) is 3.15. The molecule has 4 aromatic rings. The first-order valence-corrected chi connectivity index (χ1v) is 7.29. The molecule has 0 aliphatic carbocycles. The lowest BCUT2D eigenvalue weighted by atomic mass is 10.2. The summed E-state index contributed by atoms with van der Waals surface area (Å²) in [5.41, 5.74) is 2.28. The molecule has 110 valence electrons. The van der Waals surface area contributed by atoms with E-state index >= 15 is 0 Å². The van der Waals surface area contributed by atoms with Gasteiger partial charge in [0.15, 0.2) is 0 Å². The van der Waals surface area contributed by atoms with Crippen LogP contribution in [0.2, 0.25) is 0 Å². The van der Waals surface area contributed by atoms with Gasteiger partial charge in [0.25, 0.3) is 0 Å². The number of fused-ring (bicyclic) bond motifs is 3. The fourth-order valence-electron chi connectivity index (χ4n) is 3.01. The lowest BCUT2D eigenvalue weighted by Gasteiger charge is -2.13. The van der Waals surface area contributed by atoms with Crippen LogP contribution in [-0.2, 0) is 13.1 Å². The van der Waals surface area contributed by atoms with E-state index in [1.807, 2.05) is 24.3 Å². The zero-order valence-electron chi connectivity index (χ0n) is 12.0. The Kier molecular flexibility index (Phi) is 3.12. The maximum absolute atomic E-state index is 10.4. The van der Waals surface area contributed by atoms with Crippen LogP contribution in [0.1, 0.15) is 0 Å². The van der Waals surface area contributed by atoms with E-state index in [9.17, 15) is 5.11 Å². The predicted molar refractivity (Wildman–Crippen MR) is 85.5 cm³/mol. The van der Waals surface area contributed by atoms with E-state index < -0.39 is 6.10 Å². The molecule has 2 heterocycles. The van der Waals surface area contributed by atoms with E-state index in [0.717, 1.165) is 11.0 Å². The van der Waals surface area contributed by atoms with E-state index in [1.54, 1.807) is 11.0 Å². The van der Waals surface area contributed by atoms with Gasteiger partial charge in [0, 0.05) is 21.8 Å². The maximum Gasteiger partial charge on any atom is 0.137 e. The van der Waals surface area contributed by atoms with Gasteiger partial charge in [-0.2, -0.15) is 5.10 Å². The summed E-state index contributed by atoms with van der Waals surface area (Å²) < 4.78 is 3.82. The number of para-hydroxylation sites is 2. The molecule has 0 aliphatic rings. The van der Waals surface area contributed by atoms with E-state index in [2.05, 4.69) is 38.9 Å². The van der Waals surface area contributed by atoms with Crippen molar-refractivity contribution in [1.82, 2.24) is 19.3 Å². The molecule has 0 bridgehead atoms. The molecule has 22 heavy (non-hydrogen) atoms. The largest absolute Gasteiger partial charge is 0.389 e. The smallest absolute Gasteiger partial charge is 0.137 e. The minimum absolute atomic E-state index is 0.431. The highest BCUT2D eigenvalue weighted by molar-refractivity contribution is 6.07. The molecule has 1 atom stereocenters. The van der Waals surface area contributed by atoms with Crippen LogP contribution in [-0.4, -0.2) is 30.5 Å². The van der Waals surface area contributed by atoms with Crippen molar-refractivity contribution in [3.8, 4) is 0 Å². The molecule has 0 saturated carbocycles. The lowest BCUT2D eigenvalue weighted by molar-refractivity contribution is 0.132. The number of aromatic nitrogens is 4. The Morgan fingerprint density at radius 3 is 2.14 bits per heavy atom. The van der Waals surface area contributed by atoms with Crippen LogP contribution >= 0.6 is 0 Å². The predicted octanol–water partition coefficient (Wildman–Crippen LogP) is 2.45. The van der Waals surface area contributed by atoms with E-state index in [1.165, 1.54) is 17.1 Å². The Morgan fingerprint density at radius 2 is 1.55 bits per heavy atom. The Hall–Kier alpha value is -2.66. The number of aliphatic hydroxyl groups is 1. The van der Waals surface area contributed by atoms with Crippen molar-refractivity contribution in [2.45, 2.75) is 19.2 Å². The van der Waals surface area contributed by atoms with Crippen molar-refractivity contribution in [2.24, 2.45) is 0 Å². The Balaban J connectivity index is 1.76. The second kappa shape index (κ2) is 5.27. The van der Waals surface area contributed by atoms with Gasteiger partial charge in [-0.25, -0.2) is 4.98 Å². The summed E-state index contributed by atoms with van der Waals surface area (Å²) in [5, 5.41) is 16.9. The Morgan fingerprint density at radius 1 is 0.909 bits per heavy atom. The van der Waals surface area contributed by atoms with Gasteiger partial charge in [-0.05, 0) is 12.1 Å². The van der Waals surface area contributed by atoms with E-state index in [-0.39, 0.29) is 0 Å². The highest BCUT2D eigenvalue weighted by atomic mass is 16.3. The molecule has 5 nitrogen and oxygen atoms in total.